The number of rotatable bonds is 6. The molecule has 0 saturated carbocycles. The molecule has 0 aliphatic carbocycles. The number of hydrogen-bond donors (Lipinski definition) is 3. The van der Waals surface area contributed by atoms with Gasteiger partial charge in [0.1, 0.15) is 5.69 Å². The van der Waals surface area contributed by atoms with Crippen molar-refractivity contribution < 1.29 is 9.59 Å². The Balaban J connectivity index is 2.43. The van der Waals surface area contributed by atoms with Crippen LogP contribution in [0.1, 0.15) is 16.9 Å². The van der Waals surface area contributed by atoms with Crippen LogP contribution in [-0.4, -0.2) is 34.5 Å². The first-order valence-corrected chi connectivity index (χ1v) is 4.92. The Bertz CT molecular complexity index is 374. The average Bonchev–Trinajstić information content (AvgIpc) is 2.66. The largest absolute Gasteiger partial charge is 0.370 e. The van der Waals surface area contributed by atoms with Crippen molar-refractivity contribution in [3.8, 4) is 0 Å². The molecule has 0 aliphatic rings. The van der Waals surface area contributed by atoms with Gasteiger partial charge >= 0.3 is 0 Å². The molecule has 1 aromatic heterocycles. The Kier molecular flexibility index (Phi) is 4.46. The van der Waals surface area contributed by atoms with Crippen molar-refractivity contribution in [2.75, 3.05) is 13.1 Å². The van der Waals surface area contributed by atoms with Gasteiger partial charge in [-0.1, -0.05) is 0 Å². The molecule has 0 saturated heterocycles. The molecule has 0 unspecified atom stereocenters. The highest BCUT2D eigenvalue weighted by Crippen LogP contribution is 1.95. The summed E-state index contributed by atoms with van der Waals surface area (Å²) < 4.78 is 1.73. The summed E-state index contributed by atoms with van der Waals surface area (Å²) >= 11 is 0. The van der Waals surface area contributed by atoms with Crippen molar-refractivity contribution in [3.63, 3.8) is 0 Å². The van der Waals surface area contributed by atoms with Gasteiger partial charge < -0.3 is 21.4 Å². The van der Waals surface area contributed by atoms with E-state index in [2.05, 4.69) is 10.3 Å². The third-order valence-corrected chi connectivity index (χ3v) is 1.91. The number of nitrogens with one attached hydrogen (secondary N) is 1. The molecule has 1 rings (SSSR count). The zero-order chi connectivity index (χ0) is 12.0. The van der Waals surface area contributed by atoms with E-state index in [1.807, 2.05) is 0 Å². The highest BCUT2D eigenvalue weighted by atomic mass is 16.2. The van der Waals surface area contributed by atoms with E-state index in [9.17, 15) is 9.59 Å². The first-order valence-electron chi connectivity index (χ1n) is 4.92. The Morgan fingerprint density at radius 2 is 2.25 bits per heavy atom. The van der Waals surface area contributed by atoms with Crippen LogP contribution in [-0.2, 0) is 11.3 Å². The summed E-state index contributed by atoms with van der Waals surface area (Å²) in [6, 6.07) is 0. The molecular weight excluding hydrogens is 210 g/mol. The normalized spacial score (nSPS) is 10.1. The van der Waals surface area contributed by atoms with Crippen LogP contribution in [0.5, 0.6) is 0 Å². The second kappa shape index (κ2) is 5.86. The molecule has 1 aromatic rings. The quantitative estimate of drug-likeness (QED) is 0.543. The van der Waals surface area contributed by atoms with Crippen LogP contribution in [0.25, 0.3) is 0 Å². The summed E-state index contributed by atoms with van der Waals surface area (Å²) in [6.45, 7) is 1.32. The molecule has 7 nitrogen and oxygen atoms in total. The molecule has 0 aliphatic heterocycles. The third kappa shape index (κ3) is 3.70. The van der Waals surface area contributed by atoms with E-state index in [0.29, 0.717) is 18.8 Å². The van der Waals surface area contributed by atoms with Gasteiger partial charge in [0.15, 0.2) is 0 Å². The van der Waals surface area contributed by atoms with Crippen LogP contribution in [0.4, 0.5) is 0 Å². The van der Waals surface area contributed by atoms with Gasteiger partial charge in [0.25, 0.3) is 5.91 Å². The second-order valence-electron chi connectivity index (χ2n) is 3.26. The van der Waals surface area contributed by atoms with Crippen LogP contribution < -0.4 is 16.8 Å². The first-order chi connectivity index (χ1) is 7.63. The van der Waals surface area contributed by atoms with Gasteiger partial charge in [-0.15, -0.1) is 0 Å². The number of carbonyl (C=O) groups excluding carboxylic acids is 2. The van der Waals surface area contributed by atoms with Gasteiger partial charge in [-0.25, -0.2) is 4.98 Å². The fourth-order valence-electron chi connectivity index (χ4n) is 1.14. The number of nitrogens with two attached hydrogens (primary N) is 2. The molecule has 1 heterocycles. The van der Waals surface area contributed by atoms with Crippen molar-refractivity contribution in [1.82, 2.24) is 14.9 Å². The lowest BCUT2D eigenvalue weighted by atomic mass is 10.4. The molecule has 5 N–H and O–H groups in total. The van der Waals surface area contributed by atoms with Gasteiger partial charge in [-0.2, -0.15) is 0 Å². The molecular formula is C9H15N5O2. The Morgan fingerprint density at radius 3 is 2.88 bits per heavy atom. The second-order valence-corrected chi connectivity index (χ2v) is 3.26. The number of hydrogen-bond acceptors (Lipinski definition) is 4. The molecule has 16 heavy (non-hydrogen) atoms. The lowest BCUT2D eigenvalue weighted by Gasteiger charge is -2.00. The number of carbonyl (C=O) groups is 2. The Morgan fingerprint density at radius 1 is 1.50 bits per heavy atom. The lowest BCUT2D eigenvalue weighted by molar-refractivity contribution is -0.117. The van der Waals surface area contributed by atoms with Gasteiger partial charge in [0.2, 0.25) is 5.91 Å². The minimum atomic E-state index is -0.450. The molecule has 0 spiro atoms. The summed E-state index contributed by atoms with van der Waals surface area (Å²) in [5.74, 6) is -0.772. The van der Waals surface area contributed by atoms with Crippen LogP contribution >= 0.6 is 0 Å². The van der Waals surface area contributed by atoms with Gasteiger partial charge in [0, 0.05) is 32.3 Å². The van der Waals surface area contributed by atoms with Crippen LogP contribution in [0.15, 0.2) is 12.5 Å². The molecule has 7 heteroatoms. The number of nitrogens with zero attached hydrogens (tertiary/aromatic N) is 2. The summed E-state index contributed by atoms with van der Waals surface area (Å²) in [6.07, 6.45) is 3.26. The lowest BCUT2D eigenvalue weighted by Crippen LogP contribution is -2.28. The fraction of sp³-hybridized carbons (Fsp3) is 0.444. The van der Waals surface area contributed by atoms with Crippen LogP contribution in [0.3, 0.4) is 0 Å². The van der Waals surface area contributed by atoms with Gasteiger partial charge in [-0.05, 0) is 0 Å². The number of primary amides is 1. The van der Waals surface area contributed by atoms with E-state index in [1.165, 1.54) is 6.33 Å². The zero-order valence-corrected chi connectivity index (χ0v) is 8.85. The summed E-state index contributed by atoms with van der Waals surface area (Å²) in [7, 11) is 0. The molecule has 88 valence electrons. The number of aromatic nitrogens is 2. The topological polar surface area (TPSA) is 116 Å². The minimum Gasteiger partial charge on any atom is -0.370 e. The maximum Gasteiger partial charge on any atom is 0.271 e. The van der Waals surface area contributed by atoms with E-state index >= 15 is 0 Å². The van der Waals surface area contributed by atoms with E-state index in [1.54, 1.807) is 10.8 Å². The van der Waals surface area contributed by atoms with E-state index in [-0.39, 0.29) is 18.9 Å². The number of imidazole rings is 1. The molecule has 2 amide bonds. The third-order valence-electron chi connectivity index (χ3n) is 1.91. The van der Waals surface area contributed by atoms with Crippen molar-refractivity contribution >= 4 is 11.8 Å². The molecule has 0 fully saturated rings. The highest BCUT2D eigenvalue weighted by Gasteiger charge is 2.08. The fourth-order valence-corrected chi connectivity index (χ4v) is 1.14. The van der Waals surface area contributed by atoms with Crippen molar-refractivity contribution in [3.05, 3.63) is 18.2 Å². The van der Waals surface area contributed by atoms with E-state index < -0.39 is 5.91 Å². The molecule has 0 aromatic carbocycles. The first kappa shape index (κ1) is 12.2. The predicted molar refractivity (Wildman–Crippen MR) is 57.4 cm³/mol. The minimum absolute atomic E-state index is 0.120. The van der Waals surface area contributed by atoms with Crippen LogP contribution in [0.2, 0.25) is 0 Å². The monoisotopic (exact) mass is 225 g/mol. The van der Waals surface area contributed by atoms with Crippen molar-refractivity contribution in [2.24, 2.45) is 11.5 Å². The van der Waals surface area contributed by atoms with Crippen LogP contribution in [0, 0.1) is 0 Å². The van der Waals surface area contributed by atoms with Gasteiger partial charge in [0.05, 0.1) is 6.33 Å². The Labute approximate surface area is 92.8 Å². The summed E-state index contributed by atoms with van der Waals surface area (Å²) in [5.41, 5.74) is 10.6. The number of amides is 2. The van der Waals surface area contributed by atoms with Crippen molar-refractivity contribution in [1.29, 1.82) is 0 Å². The molecule has 0 atom stereocenters. The molecule has 0 radical (unpaired) electrons. The zero-order valence-electron chi connectivity index (χ0n) is 8.85. The maximum absolute atomic E-state index is 11.5. The maximum atomic E-state index is 11.5. The average molecular weight is 225 g/mol. The van der Waals surface area contributed by atoms with E-state index in [4.69, 9.17) is 11.5 Å². The summed E-state index contributed by atoms with van der Waals surface area (Å²) in [4.78, 5) is 25.8. The van der Waals surface area contributed by atoms with Gasteiger partial charge in [-0.3, -0.25) is 9.59 Å². The standard InChI is InChI=1S/C9H15N5O2/c10-2-4-14-5-7(13-6-14)9(16)12-3-1-8(11)15/h5-6H,1-4,10H2,(H2,11,15)(H,12,16). The Hall–Kier alpha value is -1.89. The SMILES string of the molecule is NCCn1cnc(C(=O)NCCC(N)=O)c1. The summed E-state index contributed by atoms with van der Waals surface area (Å²) in [5, 5.41) is 2.54. The smallest absolute Gasteiger partial charge is 0.271 e. The van der Waals surface area contributed by atoms with E-state index in [0.717, 1.165) is 0 Å². The van der Waals surface area contributed by atoms with Crippen molar-refractivity contribution in [2.45, 2.75) is 13.0 Å². The predicted octanol–water partition coefficient (Wildman–Crippen LogP) is -1.55. The molecule has 0 bridgehead atoms. The highest BCUT2D eigenvalue weighted by molar-refractivity contribution is 5.92.